The van der Waals surface area contributed by atoms with Gasteiger partial charge in [0, 0.05) is 37.8 Å². The lowest BCUT2D eigenvalue weighted by molar-refractivity contribution is 0.581. The largest absolute Gasteiger partial charge is 0.387 e. The van der Waals surface area contributed by atoms with E-state index in [1.54, 1.807) is 30.6 Å². The first kappa shape index (κ1) is 14.9. The normalized spacial score (nSPS) is 11.5. The Morgan fingerprint density at radius 2 is 2.20 bits per heavy atom. The van der Waals surface area contributed by atoms with E-state index >= 15 is 0 Å². The standard InChI is InChI=1S/C12H16N4O2S2/c1-9-16-10(8-19-9)3-6-15-20(17,18)12-7-14-5-4-11(12)13-2/h4-5,7-8,15H,3,6H2,1-2H3,(H,13,14). The maximum atomic E-state index is 12.2. The van der Waals surface area contributed by atoms with E-state index in [1.165, 1.54) is 6.20 Å². The van der Waals surface area contributed by atoms with Crippen molar-refractivity contribution in [3.8, 4) is 0 Å². The van der Waals surface area contributed by atoms with Crippen LogP contribution in [0.5, 0.6) is 0 Å². The van der Waals surface area contributed by atoms with Gasteiger partial charge in [-0.2, -0.15) is 0 Å². The maximum Gasteiger partial charge on any atom is 0.244 e. The van der Waals surface area contributed by atoms with Gasteiger partial charge < -0.3 is 5.32 Å². The first-order chi connectivity index (χ1) is 9.53. The summed E-state index contributed by atoms with van der Waals surface area (Å²) in [7, 11) is -1.89. The second-order valence-electron chi connectivity index (χ2n) is 4.13. The number of pyridine rings is 1. The fourth-order valence-corrected chi connectivity index (χ4v) is 3.55. The molecule has 0 aromatic carbocycles. The maximum absolute atomic E-state index is 12.2. The van der Waals surface area contributed by atoms with Crippen LogP contribution in [0.15, 0.2) is 28.7 Å². The van der Waals surface area contributed by atoms with E-state index in [2.05, 4.69) is 20.0 Å². The van der Waals surface area contributed by atoms with Crippen molar-refractivity contribution in [3.63, 3.8) is 0 Å². The lowest BCUT2D eigenvalue weighted by Crippen LogP contribution is -2.26. The van der Waals surface area contributed by atoms with Crippen molar-refractivity contribution >= 4 is 27.0 Å². The molecule has 2 N–H and O–H groups in total. The zero-order valence-electron chi connectivity index (χ0n) is 11.3. The molecular weight excluding hydrogens is 296 g/mol. The molecule has 2 heterocycles. The first-order valence-corrected chi connectivity index (χ1v) is 8.41. The predicted octanol–water partition coefficient (Wildman–Crippen LogP) is 1.41. The van der Waals surface area contributed by atoms with Gasteiger partial charge in [0.15, 0.2) is 0 Å². The van der Waals surface area contributed by atoms with Crippen molar-refractivity contribution < 1.29 is 8.42 Å². The van der Waals surface area contributed by atoms with E-state index < -0.39 is 10.0 Å². The monoisotopic (exact) mass is 312 g/mol. The van der Waals surface area contributed by atoms with Gasteiger partial charge in [-0.1, -0.05) is 0 Å². The van der Waals surface area contributed by atoms with Crippen LogP contribution in [0.4, 0.5) is 5.69 Å². The Kier molecular flexibility index (Phi) is 4.69. The number of aromatic nitrogens is 2. The topological polar surface area (TPSA) is 84.0 Å². The second-order valence-corrected chi connectivity index (χ2v) is 6.93. The lowest BCUT2D eigenvalue weighted by Gasteiger charge is -2.10. The molecule has 8 heteroatoms. The molecule has 0 aliphatic rings. The third-order valence-electron chi connectivity index (χ3n) is 2.68. The SMILES string of the molecule is CNc1ccncc1S(=O)(=O)NCCc1csc(C)n1. The quantitative estimate of drug-likeness (QED) is 0.842. The van der Waals surface area contributed by atoms with Gasteiger partial charge in [-0.05, 0) is 13.0 Å². The highest BCUT2D eigenvalue weighted by atomic mass is 32.2. The number of hydrogen-bond donors (Lipinski definition) is 2. The highest BCUT2D eigenvalue weighted by molar-refractivity contribution is 7.89. The highest BCUT2D eigenvalue weighted by Crippen LogP contribution is 2.18. The molecule has 0 saturated heterocycles. The second kappa shape index (κ2) is 6.29. The highest BCUT2D eigenvalue weighted by Gasteiger charge is 2.17. The molecule has 0 saturated carbocycles. The van der Waals surface area contributed by atoms with Gasteiger partial charge in [0.2, 0.25) is 10.0 Å². The van der Waals surface area contributed by atoms with Crippen molar-refractivity contribution in [3.05, 3.63) is 34.5 Å². The van der Waals surface area contributed by atoms with Crippen LogP contribution in [0.2, 0.25) is 0 Å². The molecule has 6 nitrogen and oxygen atoms in total. The van der Waals surface area contributed by atoms with Crippen molar-refractivity contribution in [2.45, 2.75) is 18.2 Å². The molecule has 20 heavy (non-hydrogen) atoms. The van der Waals surface area contributed by atoms with Crippen LogP contribution in [0.3, 0.4) is 0 Å². The van der Waals surface area contributed by atoms with Crippen LogP contribution < -0.4 is 10.0 Å². The van der Waals surface area contributed by atoms with Crippen LogP contribution in [-0.4, -0.2) is 32.0 Å². The smallest absolute Gasteiger partial charge is 0.244 e. The molecule has 0 fully saturated rings. The summed E-state index contributed by atoms with van der Waals surface area (Å²) in [5, 5.41) is 5.76. The number of nitrogens with one attached hydrogen (secondary N) is 2. The number of hydrogen-bond acceptors (Lipinski definition) is 6. The van der Waals surface area contributed by atoms with Crippen molar-refractivity contribution in [2.24, 2.45) is 0 Å². The molecule has 0 atom stereocenters. The summed E-state index contributed by atoms with van der Waals surface area (Å²) >= 11 is 1.56. The number of rotatable bonds is 6. The molecule has 2 aromatic heterocycles. The Labute approximate surface area is 122 Å². The zero-order chi connectivity index (χ0) is 14.6. The van der Waals surface area contributed by atoms with E-state index in [4.69, 9.17) is 0 Å². The fraction of sp³-hybridized carbons (Fsp3) is 0.333. The van der Waals surface area contributed by atoms with Crippen molar-refractivity contribution in [1.29, 1.82) is 0 Å². The molecule has 0 aliphatic carbocycles. The van der Waals surface area contributed by atoms with E-state index in [9.17, 15) is 8.42 Å². The van der Waals surface area contributed by atoms with E-state index in [1.807, 2.05) is 12.3 Å². The predicted molar refractivity (Wildman–Crippen MR) is 79.5 cm³/mol. The van der Waals surface area contributed by atoms with Crippen LogP contribution in [-0.2, 0) is 16.4 Å². The van der Waals surface area contributed by atoms with Gasteiger partial charge in [-0.25, -0.2) is 18.1 Å². The van der Waals surface area contributed by atoms with E-state index in [0.717, 1.165) is 10.7 Å². The Morgan fingerprint density at radius 3 is 2.85 bits per heavy atom. The molecule has 2 aromatic rings. The molecule has 2 rings (SSSR count). The van der Waals surface area contributed by atoms with Crippen LogP contribution in [0.25, 0.3) is 0 Å². The van der Waals surface area contributed by atoms with Gasteiger partial charge in [0.1, 0.15) is 4.90 Å². The summed E-state index contributed by atoms with van der Waals surface area (Å²) in [5.41, 5.74) is 1.42. The lowest BCUT2D eigenvalue weighted by atomic mass is 10.3. The Morgan fingerprint density at radius 1 is 1.40 bits per heavy atom. The zero-order valence-corrected chi connectivity index (χ0v) is 12.9. The van der Waals surface area contributed by atoms with E-state index in [-0.39, 0.29) is 4.90 Å². The number of nitrogens with zero attached hydrogens (tertiary/aromatic N) is 2. The third-order valence-corrected chi connectivity index (χ3v) is 4.99. The van der Waals surface area contributed by atoms with Crippen LogP contribution in [0, 0.1) is 6.92 Å². The molecule has 0 amide bonds. The summed E-state index contributed by atoms with van der Waals surface area (Å²) in [6, 6.07) is 1.62. The molecule has 0 unspecified atom stereocenters. The summed E-state index contributed by atoms with van der Waals surface area (Å²) < 4.78 is 27.0. The number of sulfonamides is 1. The van der Waals surface area contributed by atoms with Crippen LogP contribution >= 0.6 is 11.3 Å². The average Bonchev–Trinajstić information content (AvgIpc) is 2.84. The summed E-state index contributed by atoms with van der Waals surface area (Å²) in [4.78, 5) is 8.30. The minimum atomic E-state index is -3.57. The molecule has 0 aliphatic heterocycles. The Balaban J connectivity index is 2.04. The number of thiazole rings is 1. The average molecular weight is 312 g/mol. The molecule has 0 spiro atoms. The van der Waals surface area contributed by atoms with Crippen LogP contribution in [0.1, 0.15) is 10.7 Å². The summed E-state index contributed by atoms with van der Waals surface area (Å²) in [6.45, 7) is 2.23. The third kappa shape index (κ3) is 3.53. The van der Waals surface area contributed by atoms with Crippen molar-refractivity contribution in [1.82, 2.24) is 14.7 Å². The summed E-state index contributed by atoms with van der Waals surface area (Å²) in [5.74, 6) is 0. The Hall–Kier alpha value is -1.51. The van der Waals surface area contributed by atoms with Gasteiger partial charge >= 0.3 is 0 Å². The van der Waals surface area contributed by atoms with Gasteiger partial charge in [0.05, 0.1) is 16.4 Å². The number of anilines is 1. The van der Waals surface area contributed by atoms with Gasteiger partial charge in [-0.15, -0.1) is 11.3 Å². The minimum absolute atomic E-state index is 0.150. The van der Waals surface area contributed by atoms with Crippen molar-refractivity contribution in [2.75, 3.05) is 18.9 Å². The molecular formula is C12H16N4O2S2. The molecule has 0 bridgehead atoms. The molecule has 0 radical (unpaired) electrons. The first-order valence-electron chi connectivity index (χ1n) is 6.05. The van der Waals surface area contributed by atoms with Gasteiger partial charge in [0.25, 0.3) is 0 Å². The van der Waals surface area contributed by atoms with Gasteiger partial charge in [-0.3, -0.25) is 4.98 Å². The fourth-order valence-electron chi connectivity index (χ4n) is 1.71. The molecule has 108 valence electrons. The number of aryl methyl sites for hydroxylation is 1. The van der Waals surface area contributed by atoms with E-state index in [0.29, 0.717) is 18.7 Å². The Bertz CT molecular complexity index is 682. The minimum Gasteiger partial charge on any atom is -0.387 e. The summed E-state index contributed by atoms with van der Waals surface area (Å²) in [6.07, 6.45) is 3.45.